The van der Waals surface area contributed by atoms with Gasteiger partial charge >= 0.3 is 0 Å². The summed E-state index contributed by atoms with van der Waals surface area (Å²) in [5.41, 5.74) is 2.08. The number of nitrogens with zero attached hydrogens (tertiary/aromatic N) is 1. The molecule has 0 amide bonds. The predicted octanol–water partition coefficient (Wildman–Crippen LogP) is 1.83. The van der Waals surface area contributed by atoms with Crippen molar-refractivity contribution in [2.45, 2.75) is 45.4 Å². The van der Waals surface area contributed by atoms with Crippen molar-refractivity contribution < 1.29 is 4.21 Å². The first-order valence-corrected chi connectivity index (χ1v) is 6.15. The van der Waals surface area contributed by atoms with Crippen LogP contribution in [0.2, 0.25) is 0 Å². The Balaban J connectivity index is 2.69. The zero-order chi connectivity index (χ0) is 11.6. The molecular weight excluding hydrogens is 210 g/mol. The Morgan fingerprint density at radius 3 is 2.53 bits per heavy atom. The van der Waals surface area contributed by atoms with Gasteiger partial charge in [-0.1, -0.05) is 0 Å². The van der Waals surface area contributed by atoms with Crippen molar-refractivity contribution in [1.82, 2.24) is 14.9 Å². The fourth-order valence-corrected chi connectivity index (χ4v) is 2.00. The van der Waals surface area contributed by atoms with Crippen LogP contribution < -0.4 is 4.72 Å². The monoisotopic (exact) mass is 229 g/mol. The van der Waals surface area contributed by atoms with Gasteiger partial charge in [0.2, 0.25) is 0 Å². The lowest BCUT2D eigenvalue weighted by atomic mass is 10.1. The zero-order valence-electron chi connectivity index (χ0n) is 9.92. The fourth-order valence-electron chi connectivity index (χ4n) is 1.20. The van der Waals surface area contributed by atoms with E-state index in [0.717, 1.165) is 11.3 Å². The number of rotatable bonds is 3. The van der Waals surface area contributed by atoms with Gasteiger partial charge in [0.25, 0.3) is 0 Å². The average molecular weight is 229 g/mol. The van der Waals surface area contributed by atoms with E-state index in [-0.39, 0.29) is 10.8 Å². The van der Waals surface area contributed by atoms with Crippen molar-refractivity contribution in [3.63, 3.8) is 0 Å². The minimum Gasteiger partial charge on any atom is -0.283 e. The lowest BCUT2D eigenvalue weighted by Gasteiger charge is -2.21. The van der Waals surface area contributed by atoms with Gasteiger partial charge in [-0.15, -0.1) is 0 Å². The fraction of sp³-hybridized carbons (Fsp3) is 0.700. The van der Waals surface area contributed by atoms with E-state index < -0.39 is 11.0 Å². The lowest BCUT2D eigenvalue weighted by molar-refractivity contribution is 0.615. The van der Waals surface area contributed by atoms with E-state index in [9.17, 15) is 4.21 Å². The molecule has 15 heavy (non-hydrogen) atoms. The summed E-state index contributed by atoms with van der Waals surface area (Å²) < 4.78 is 14.7. The van der Waals surface area contributed by atoms with Crippen LogP contribution in [0.5, 0.6) is 0 Å². The van der Waals surface area contributed by atoms with E-state index in [4.69, 9.17) is 0 Å². The third-order valence-corrected chi connectivity index (χ3v) is 3.86. The Morgan fingerprint density at radius 1 is 1.53 bits per heavy atom. The first-order chi connectivity index (χ1) is 6.82. The molecule has 0 fully saturated rings. The molecule has 4 nitrogen and oxygen atoms in total. The maximum Gasteiger partial charge on any atom is 0.0975 e. The van der Waals surface area contributed by atoms with Gasteiger partial charge in [-0.05, 0) is 34.6 Å². The van der Waals surface area contributed by atoms with Gasteiger partial charge in [-0.2, -0.15) is 5.10 Å². The Morgan fingerprint density at radius 2 is 2.13 bits per heavy atom. The largest absolute Gasteiger partial charge is 0.283 e. The summed E-state index contributed by atoms with van der Waals surface area (Å²) in [5, 5.41) is 6.82. The molecule has 1 heterocycles. The first kappa shape index (κ1) is 12.4. The van der Waals surface area contributed by atoms with Crippen molar-refractivity contribution >= 4 is 11.0 Å². The van der Waals surface area contributed by atoms with Gasteiger partial charge in [0.05, 0.1) is 21.9 Å². The van der Waals surface area contributed by atoms with Crippen LogP contribution in [0.25, 0.3) is 0 Å². The molecule has 1 aromatic heterocycles. The number of hydrogen-bond acceptors (Lipinski definition) is 2. The summed E-state index contributed by atoms with van der Waals surface area (Å²) in [4.78, 5) is 0. The molecule has 5 heteroatoms. The summed E-state index contributed by atoms with van der Waals surface area (Å²) in [6.45, 7) is 9.79. The van der Waals surface area contributed by atoms with Crippen molar-refractivity contribution in [1.29, 1.82) is 0 Å². The summed E-state index contributed by atoms with van der Waals surface area (Å²) >= 11 is 0. The Hall–Kier alpha value is -0.680. The lowest BCUT2D eigenvalue weighted by Crippen LogP contribution is -2.34. The second-order valence-corrected chi connectivity index (χ2v) is 6.67. The zero-order valence-corrected chi connectivity index (χ0v) is 10.7. The molecule has 0 aromatic carbocycles. The van der Waals surface area contributed by atoms with Crippen molar-refractivity contribution in [3.8, 4) is 0 Å². The van der Waals surface area contributed by atoms with Crippen molar-refractivity contribution in [2.75, 3.05) is 0 Å². The Kier molecular flexibility index (Phi) is 3.67. The molecule has 0 saturated heterocycles. The molecule has 2 atom stereocenters. The quantitative estimate of drug-likeness (QED) is 0.830. The molecule has 1 aromatic rings. The molecule has 0 radical (unpaired) electrons. The van der Waals surface area contributed by atoms with Crippen LogP contribution in [0.15, 0.2) is 6.20 Å². The van der Waals surface area contributed by atoms with Crippen molar-refractivity contribution in [2.24, 2.45) is 0 Å². The van der Waals surface area contributed by atoms with E-state index in [1.54, 1.807) is 6.20 Å². The summed E-state index contributed by atoms with van der Waals surface area (Å²) in [5.74, 6) is 0. The highest BCUT2D eigenvalue weighted by atomic mass is 32.2. The number of aryl methyl sites for hydroxylation is 1. The molecule has 2 unspecified atom stereocenters. The van der Waals surface area contributed by atoms with E-state index in [0.29, 0.717) is 0 Å². The van der Waals surface area contributed by atoms with Crippen LogP contribution in [-0.2, 0) is 11.0 Å². The standard InChI is InChI=1S/C10H19N3OS/c1-7-9(6-11-12-7)8(2)13-15(14)10(3,4)5/h6,8,13H,1-5H3,(H,11,12). The smallest absolute Gasteiger partial charge is 0.0975 e. The van der Waals surface area contributed by atoms with Gasteiger partial charge in [0.1, 0.15) is 0 Å². The highest BCUT2D eigenvalue weighted by molar-refractivity contribution is 7.84. The van der Waals surface area contributed by atoms with Gasteiger partial charge < -0.3 is 0 Å². The Bertz CT molecular complexity index is 354. The second kappa shape index (κ2) is 4.45. The van der Waals surface area contributed by atoms with Gasteiger partial charge in [0.15, 0.2) is 0 Å². The molecular formula is C10H19N3OS. The minimum atomic E-state index is -1.05. The van der Waals surface area contributed by atoms with Crippen LogP contribution in [0.3, 0.4) is 0 Å². The van der Waals surface area contributed by atoms with E-state index in [1.807, 2.05) is 34.6 Å². The minimum absolute atomic E-state index is 0.0452. The molecule has 0 saturated carbocycles. The molecule has 0 bridgehead atoms. The number of aromatic amines is 1. The maximum absolute atomic E-state index is 11.9. The third kappa shape index (κ3) is 3.14. The highest BCUT2D eigenvalue weighted by Gasteiger charge is 2.22. The normalized spacial score (nSPS) is 16.3. The Labute approximate surface area is 93.4 Å². The van der Waals surface area contributed by atoms with Gasteiger partial charge in [0, 0.05) is 17.3 Å². The van der Waals surface area contributed by atoms with Crippen LogP contribution in [0.4, 0.5) is 0 Å². The van der Waals surface area contributed by atoms with Crippen LogP contribution in [-0.4, -0.2) is 19.2 Å². The van der Waals surface area contributed by atoms with Crippen molar-refractivity contribution in [3.05, 3.63) is 17.5 Å². The molecule has 2 N–H and O–H groups in total. The number of nitrogens with one attached hydrogen (secondary N) is 2. The van der Waals surface area contributed by atoms with Crippen LogP contribution in [0.1, 0.15) is 45.0 Å². The van der Waals surface area contributed by atoms with Gasteiger partial charge in [-0.3, -0.25) is 5.10 Å². The highest BCUT2D eigenvalue weighted by Crippen LogP contribution is 2.18. The topological polar surface area (TPSA) is 57.8 Å². The SMILES string of the molecule is Cc1[nH]ncc1C(C)NS(=O)C(C)(C)C. The molecule has 0 aliphatic carbocycles. The van der Waals surface area contributed by atoms with E-state index >= 15 is 0 Å². The summed E-state index contributed by atoms with van der Waals surface area (Å²) in [6, 6.07) is 0.0452. The molecule has 86 valence electrons. The predicted molar refractivity (Wildman–Crippen MR) is 62.8 cm³/mol. The molecule has 0 aliphatic rings. The average Bonchev–Trinajstić information content (AvgIpc) is 2.49. The molecule has 1 rings (SSSR count). The number of H-pyrrole nitrogens is 1. The molecule has 0 spiro atoms. The maximum atomic E-state index is 11.9. The third-order valence-electron chi connectivity index (χ3n) is 2.18. The number of hydrogen-bond donors (Lipinski definition) is 2. The van der Waals surface area contributed by atoms with Crippen LogP contribution >= 0.6 is 0 Å². The summed E-state index contributed by atoms with van der Waals surface area (Å²) in [7, 11) is -1.05. The van der Waals surface area contributed by atoms with E-state index in [1.165, 1.54) is 0 Å². The van der Waals surface area contributed by atoms with Gasteiger partial charge in [-0.25, -0.2) is 8.93 Å². The number of aromatic nitrogens is 2. The van der Waals surface area contributed by atoms with Crippen LogP contribution in [0, 0.1) is 6.92 Å². The van der Waals surface area contributed by atoms with E-state index in [2.05, 4.69) is 14.9 Å². The molecule has 0 aliphatic heterocycles. The summed E-state index contributed by atoms with van der Waals surface area (Å²) in [6.07, 6.45) is 1.77. The first-order valence-electron chi connectivity index (χ1n) is 5.00. The second-order valence-electron chi connectivity index (χ2n) is 4.67.